The van der Waals surface area contributed by atoms with Crippen LogP contribution in [0.5, 0.6) is 0 Å². The van der Waals surface area contributed by atoms with E-state index in [4.69, 9.17) is 9.31 Å². The third-order valence-electron chi connectivity index (χ3n) is 10.8. The maximum Gasteiger partial charge on any atom is 0.494 e. The number of nitrogens with zero attached hydrogens (tertiary/aromatic N) is 4. The van der Waals surface area contributed by atoms with Gasteiger partial charge >= 0.3 is 7.12 Å². The van der Waals surface area contributed by atoms with E-state index >= 15 is 0 Å². The van der Waals surface area contributed by atoms with Crippen LogP contribution in [0.1, 0.15) is 55.4 Å². The van der Waals surface area contributed by atoms with E-state index in [1.165, 1.54) is 49.2 Å². The lowest BCUT2D eigenvalue weighted by molar-refractivity contribution is 0.00578. The van der Waals surface area contributed by atoms with Crippen LogP contribution < -0.4 is 5.46 Å². The first-order chi connectivity index (χ1) is 26.8. The zero-order valence-corrected chi connectivity index (χ0v) is 35.4. The summed E-state index contributed by atoms with van der Waals surface area (Å²) in [6.07, 6.45) is 3.59. The van der Waals surface area contributed by atoms with Crippen LogP contribution in [0.3, 0.4) is 0 Å². The number of halogens is 1. The number of aromatic nitrogens is 4. The van der Waals surface area contributed by atoms with Crippen molar-refractivity contribution in [2.45, 2.75) is 79.7 Å². The van der Waals surface area contributed by atoms with Gasteiger partial charge in [-0.3, -0.25) is 4.98 Å². The molecule has 0 amide bonds. The van der Waals surface area contributed by atoms with Gasteiger partial charge in [-0.25, -0.2) is 4.98 Å². The van der Waals surface area contributed by atoms with Gasteiger partial charge in [-0.2, -0.15) is 0 Å². The molecule has 0 unspecified atom stereocenters. The first kappa shape index (κ1) is 39.5. The molecule has 8 aromatic rings. The van der Waals surface area contributed by atoms with Crippen LogP contribution in [0.15, 0.2) is 138 Å². The van der Waals surface area contributed by atoms with Crippen LogP contribution in [0.4, 0.5) is 0 Å². The molecule has 0 saturated carbocycles. The Morgan fingerprint density at radius 2 is 1.04 bits per heavy atom. The maximum atomic E-state index is 6.26. The van der Waals surface area contributed by atoms with Gasteiger partial charge in [0.1, 0.15) is 4.60 Å². The van der Waals surface area contributed by atoms with Gasteiger partial charge in [-0.05, 0) is 109 Å². The Bertz CT molecular complexity index is 2560. The van der Waals surface area contributed by atoms with Gasteiger partial charge in [0, 0.05) is 74.7 Å². The summed E-state index contributed by atoms with van der Waals surface area (Å²) in [6, 6.07) is 42.4. The molecule has 1 aliphatic heterocycles. The highest BCUT2D eigenvalue weighted by Gasteiger charge is 2.51. The molecule has 0 N–H and O–H groups in total. The molecule has 56 heavy (non-hydrogen) atoms. The molecule has 1 saturated heterocycles. The molecule has 0 aliphatic carbocycles. The molecule has 0 radical (unpaired) electrons. The predicted octanol–water partition coefficient (Wildman–Crippen LogP) is 12.1. The molecule has 0 bridgehead atoms. The fourth-order valence-corrected chi connectivity index (χ4v) is 7.67. The minimum Gasteiger partial charge on any atom is -0.399 e. The van der Waals surface area contributed by atoms with Crippen LogP contribution in [-0.2, 0) is 22.4 Å². The number of rotatable bonds is 6. The van der Waals surface area contributed by atoms with Crippen LogP contribution in [-0.4, -0.2) is 37.4 Å². The second kappa shape index (κ2) is 16.4. The van der Waals surface area contributed by atoms with Crippen molar-refractivity contribution in [1.29, 1.82) is 0 Å². The van der Waals surface area contributed by atoms with Crippen LogP contribution >= 0.6 is 15.9 Å². The molecule has 4 aromatic carbocycles. The molecule has 8 heteroatoms. The fraction of sp³-hybridized carbons (Fsp3) is 0.292. The molecular formula is C48H52BBrN4O2. The quantitative estimate of drug-likeness (QED) is 0.124. The highest BCUT2D eigenvalue weighted by molar-refractivity contribution is 9.10. The second-order valence-corrected chi connectivity index (χ2v) is 17.3. The normalized spacial score (nSPS) is 14.7. The van der Waals surface area contributed by atoms with Crippen molar-refractivity contribution in [2.75, 3.05) is 0 Å². The zero-order chi connectivity index (χ0) is 39.6. The Balaban J connectivity index is 0.000000147. The van der Waals surface area contributed by atoms with Crippen molar-refractivity contribution in [2.24, 2.45) is 11.8 Å². The lowest BCUT2D eigenvalue weighted by Crippen LogP contribution is -2.41. The second-order valence-electron chi connectivity index (χ2n) is 16.5. The van der Waals surface area contributed by atoms with Gasteiger partial charge < -0.3 is 18.4 Å². The van der Waals surface area contributed by atoms with E-state index in [1.807, 2.05) is 36.5 Å². The first-order valence-corrected chi connectivity index (χ1v) is 20.5. The summed E-state index contributed by atoms with van der Waals surface area (Å²) >= 11 is 3.20. The van der Waals surface area contributed by atoms with Gasteiger partial charge in [0.2, 0.25) is 0 Å². The predicted molar refractivity (Wildman–Crippen MR) is 239 cm³/mol. The van der Waals surface area contributed by atoms with Crippen molar-refractivity contribution in [3.05, 3.63) is 138 Å². The van der Waals surface area contributed by atoms with Crippen molar-refractivity contribution in [3.8, 4) is 11.3 Å². The van der Waals surface area contributed by atoms with Gasteiger partial charge in [0.15, 0.2) is 0 Å². The van der Waals surface area contributed by atoms with Crippen molar-refractivity contribution in [3.63, 3.8) is 0 Å². The average molecular weight is 808 g/mol. The molecule has 6 nitrogen and oxygen atoms in total. The fourth-order valence-electron chi connectivity index (χ4n) is 7.40. The Kier molecular flexibility index (Phi) is 11.5. The molecule has 0 spiro atoms. The molecule has 1 fully saturated rings. The lowest BCUT2D eigenvalue weighted by atomic mass is 9.79. The smallest absolute Gasteiger partial charge is 0.399 e. The molecule has 286 valence electrons. The molecular weight excluding hydrogens is 755 g/mol. The van der Waals surface area contributed by atoms with Gasteiger partial charge in [0.25, 0.3) is 0 Å². The summed E-state index contributed by atoms with van der Waals surface area (Å²) in [5, 5.41) is 5.25. The van der Waals surface area contributed by atoms with E-state index in [0.717, 1.165) is 28.8 Å². The minimum absolute atomic E-state index is 0.322. The topological polar surface area (TPSA) is 54.1 Å². The third kappa shape index (κ3) is 8.20. The van der Waals surface area contributed by atoms with Crippen molar-refractivity contribution in [1.82, 2.24) is 19.1 Å². The lowest BCUT2D eigenvalue weighted by Gasteiger charge is -2.32. The van der Waals surface area contributed by atoms with Crippen LogP contribution in [0.2, 0.25) is 0 Å². The zero-order valence-electron chi connectivity index (χ0n) is 33.8. The highest BCUT2D eigenvalue weighted by atomic mass is 79.9. The minimum atomic E-state index is -0.324. The molecule has 9 rings (SSSR count). The van der Waals surface area contributed by atoms with E-state index < -0.39 is 0 Å². The first-order valence-electron chi connectivity index (χ1n) is 19.7. The Morgan fingerprint density at radius 1 is 0.554 bits per heavy atom. The highest BCUT2D eigenvalue weighted by Crippen LogP contribution is 2.37. The summed E-state index contributed by atoms with van der Waals surface area (Å²) in [7, 11) is -0.324. The van der Waals surface area contributed by atoms with E-state index in [1.54, 1.807) is 6.20 Å². The summed E-state index contributed by atoms with van der Waals surface area (Å²) in [4.78, 5) is 8.39. The van der Waals surface area contributed by atoms with Crippen LogP contribution in [0, 0.1) is 11.8 Å². The largest absolute Gasteiger partial charge is 0.494 e. The van der Waals surface area contributed by atoms with Gasteiger partial charge in [0.05, 0.1) is 16.9 Å². The Hall–Kier alpha value is -4.76. The third-order valence-corrected chi connectivity index (χ3v) is 11.3. The number of benzene rings is 4. The van der Waals surface area contributed by atoms with E-state index in [2.05, 4.69) is 181 Å². The van der Waals surface area contributed by atoms with Gasteiger partial charge in [-0.15, -0.1) is 0 Å². The number of fused-ring (bicyclic) bond motifs is 6. The van der Waals surface area contributed by atoms with E-state index in [9.17, 15) is 0 Å². The number of hydrogen-bond donors (Lipinski definition) is 0. The average Bonchev–Trinajstić information content (AvgIpc) is 3.74. The van der Waals surface area contributed by atoms with Crippen molar-refractivity contribution < 1.29 is 9.31 Å². The van der Waals surface area contributed by atoms with E-state index in [-0.39, 0.29) is 18.3 Å². The number of para-hydroxylation sites is 2. The van der Waals surface area contributed by atoms with Gasteiger partial charge in [-0.1, -0.05) is 100 Å². The standard InChI is InChI=1S/C22H28BNO2.C21H20N2.C5H4BrN/c1-15(2)14-24-19-10-8-7-9-17(19)18-12-11-16(13-20(18)24)23-25-21(3,4)22(5,6)26-23;1-15(2)14-23-20-9-4-3-7-17(20)18-11-10-16(13-21(18)23)19-8-5-6-12-22-19;6-5-3-1-2-4-7-5/h7-13,15H,14H2,1-6H3;3-13,15H,14H2,1-2H3;1-4H. The SMILES string of the molecule is Brc1ccccn1.CC(C)Cn1c2ccccc2c2ccc(-c3ccccn3)cc21.CC(C)Cn1c2ccccc2c2ccc(B3OC(C)(C)C(C)(C)O3)cc21. The maximum absolute atomic E-state index is 6.26. The summed E-state index contributed by atoms with van der Waals surface area (Å²) in [6.45, 7) is 19.5. The molecule has 1 aliphatic rings. The monoisotopic (exact) mass is 806 g/mol. The number of pyridine rings is 2. The Labute approximate surface area is 340 Å². The summed E-state index contributed by atoms with van der Waals surface area (Å²) in [5.74, 6) is 1.18. The Morgan fingerprint density at radius 3 is 1.52 bits per heavy atom. The van der Waals surface area contributed by atoms with E-state index in [0.29, 0.717) is 11.8 Å². The summed E-state index contributed by atoms with van der Waals surface area (Å²) < 4.78 is 18.3. The molecule has 4 aromatic heterocycles. The molecule has 0 atom stereocenters. The number of hydrogen-bond acceptors (Lipinski definition) is 4. The summed E-state index contributed by atoms with van der Waals surface area (Å²) in [5.41, 5.74) is 7.80. The molecule has 5 heterocycles. The van der Waals surface area contributed by atoms with Crippen LogP contribution in [0.25, 0.3) is 54.9 Å². The van der Waals surface area contributed by atoms with Crippen molar-refractivity contribution >= 4 is 72.1 Å².